The fourth-order valence-electron chi connectivity index (χ4n) is 3.91. The van der Waals surface area contributed by atoms with Crippen LogP contribution in [-0.4, -0.2) is 29.0 Å². The lowest BCUT2D eigenvalue weighted by Crippen LogP contribution is -2.39. The number of carbonyl (C=O) groups excluding carboxylic acids is 1. The highest BCUT2D eigenvalue weighted by molar-refractivity contribution is 5.86. The molecule has 2 aromatic carbocycles. The maximum atomic E-state index is 13.3. The number of phenols is 1. The molecule has 6 heteroatoms. The molecule has 4 atom stereocenters. The summed E-state index contributed by atoms with van der Waals surface area (Å²) in [5.74, 6) is -0.236. The second-order valence-electron chi connectivity index (χ2n) is 6.33. The van der Waals surface area contributed by atoms with Crippen LogP contribution >= 0.6 is 0 Å². The van der Waals surface area contributed by atoms with Gasteiger partial charge >= 0.3 is 0 Å². The van der Waals surface area contributed by atoms with E-state index in [1.165, 1.54) is 12.1 Å². The highest BCUT2D eigenvalue weighted by atomic mass is 19.1. The first-order valence-electron chi connectivity index (χ1n) is 7.89. The van der Waals surface area contributed by atoms with E-state index in [9.17, 15) is 14.3 Å². The highest BCUT2D eigenvalue weighted by Crippen LogP contribution is 2.47. The van der Waals surface area contributed by atoms with E-state index in [2.05, 4.69) is 10.9 Å². The summed E-state index contributed by atoms with van der Waals surface area (Å²) in [6.45, 7) is 0. The van der Waals surface area contributed by atoms with Crippen molar-refractivity contribution in [2.75, 3.05) is 7.05 Å². The smallest absolute Gasteiger partial charge is 0.241 e. The van der Waals surface area contributed by atoms with Gasteiger partial charge in [-0.05, 0) is 23.8 Å². The molecule has 24 heavy (non-hydrogen) atoms. The number of amides is 1. The molecule has 2 aliphatic heterocycles. The number of hydrogen-bond acceptors (Lipinski definition) is 4. The van der Waals surface area contributed by atoms with Gasteiger partial charge in [-0.1, -0.05) is 30.3 Å². The summed E-state index contributed by atoms with van der Waals surface area (Å²) in [5, 5.41) is 10.2. The second kappa shape index (κ2) is 5.58. The van der Waals surface area contributed by atoms with E-state index in [0.29, 0.717) is 0 Å². The van der Waals surface area contributed by atoms with Gasteiger partial charge in [-0.15, -0.1) is 0 Å². The zero-order valence-corrected chi connectivity index (χ0v) is 13.1. The molecule has 0 aromatic heterocycles. The summed E-state index contributed by atoms with van der Waals surface area (Å²) in [7, 11) is 1.76. The van der Waals surface area contributed by atoms with Crippen molar-refractivity contribution >= 4 is 5.91 Å². The van der Waals surface area contributed by atoms with E-state index in [4.69, 9.17) is 0 Å². The van der Waals surface area contributed by atoms with Crippen LogP contribution in [0.4, 0.5) is 4.39 Å². The Morgan fingerprint density at radius 1 is 1.04 bits per heavy atom. The third kappa shape index (κ3) is 2.18. The number of likely N-dealkylation sites (N-methyl/N-ethyl adjacent to an activating group) is 1. The number of halogens is 1. The zero-order chi connectivity index (χ0) is 16.8. The number of phenolic OH excluding ortho intramolecular Hbond substituents is 1. The normalized spacial score (nSPS) is 29.1. The van der Waals surface area contributed by atoms with Crippen molar-refractivity contribution in [2.45, 2.75) is 18.1 Å². The molecule has 2 heterocycles. The van der Waals surface area contributed by atoms with E-state index in [1.54, 1.807) is 36.2 Å². The third-order valence-electron chi connectivity index (χ3n) is 5.04. The van der Waals surface area contributed by atoms with Crippen LogP contribution < -0.4 is 10.9 Å². The maximum Gasteiger partial charge on any atom is 0.241 e. The number of nitrogens with one attached hydrogen (secondary N) is 2. The first-order valence-corrected chi connectivity index (χ1v) is 7.89. The van der Waals surface area contributed by atoms with Crippen LogP contribution in [0.2, 0.25) is 0 Å². The molecule has 0 bridgehead atoms. The van der Waals surface area contributed by atoms with E-state index in [0.717, 1.165) is 11.1 Å². The van der Waals surface area contributed by atoms with Crippen molar-refractivity contribution in [3.05, 3.63) is 65.5 Å². The Balaban J connectivity index is 1.77. The monoisotopic (exact) mass is 327 g/mol. The fraction of sp³-hybridized carbons (Fsp3) is 0.278. The van der Waals surface area contributed by atoms with Crippen LogP contribution in [0.25, 0.3) is 0 Å². The average molecular weight is 327 g/mol. The number of aromatic hydroxyl groups is 1. The molecule has 124 valence electrons. The molecule has 2 fully saturated rings. The predicted octanol–water partition coefficient (Wildman–Crippen LogP) is 1.88. The molecule has 5 nitrogen and oxygen atoms in total. The van der Waals surface area contributed by atoms with Crippen LogP contribution in [0.5, 0.6) is 5.75 Å². The molecule has 0 saturated carbocycles. The van der Waals surface area contributed by atoms with Gasteiger partial charge in [0.2, 0.25) is 5.91 Å². The molecular formula is C18H18FN3O2. The first kappa shape index (κ1) is 15.1. The number of nitrogens with zero attached hydrogens (tertiary/aromatic N) is 1. The number of benzene rings is 2. The Morgan fingerprint density at radius 3 is 2.42 bits per heavy atom. The lowest BCUT2D eigenvalue weighted by Gasteiger charge is -2.29. The fourth-order valence-corrected chi connectivity index (χ4v) is 3.91. The minimum absolute atomic E-state index is 0.0141. The van der Waals surface area contributed by atoms with Gasteiger partial charge in [0.25, 0.3) is 0 Å². The molecule has 1 amide bonds. The van der Waals surface area contributed by atoms with Crippen molar-refractivity contribution in [1.82, 2.24) is 15.8 Å². The van der Waals surface area contributed by atoms with E-state index < -0.39 is 0 Å². The summed E-state index contributed by atoms with van der Waals surface area (Å²) in [5.41, 5.74) is 7.83. The van der Waals surface area contributed by atoms with Crippen molar-refractivity contribution < 1.29 is 14.3 Å². The highest BCUT2D eigenvalue weighted by Gasteiger charge is 2.54. The van der Waals surface area contributed by atoms with E-state index in [-0.39, 0.29) is 41.5 Å². The van der Waals surface area contributed by atoms with Crippen LogP contribution in [0.15, 0.2) is 48.5 Å². The van der Waals surface area contributed by atoms with Gasteiger partial charge < -0.3 is 10.0 Å². The molecule has 0 spiro atoms. The molecule has 4 unspecified atom stereocenters. The summed E-state index contributed by atoms with van der Waals surface area (Å²) in [6.07, 6.45) is 0. The minimum Gasteiger partial charge on any atom is -0.508 e. The number of likely N-dealkylation sites (tertiary alicyclic amines) is 1. The lowest BCUT2D eigenvalue weighted by atomic mass is 9.83. The first-order chi connectivity index (χ1) is 11.6. The molecule has 2 aliphatic rings. The Kier molecular flexibility index (Phi) is 3.51. The Hall–Kier alpha value is -2.44. The van der Waals surface area contributed by atoms with E-state index >= 15 is 0 Å². The molecule has 0 aliphatic carbocycles. The number of hydrazine groups is 1. The third-order valence-corrected chi connectivity index (χ3v) is 5.04. The van der Waals surface area contributed by atoms with Gasteiger partial charge in [-0.3, -0.25) is 4.79 Å². The Labute approximate surface area is 139 Å². The van der Waals surface area contributed by atoms with Crippen LogP contribution in [-0.2, 0) is 4.79 Å². The van der Waals surface area contributed by atoms with Gasteiger partial charge in [0, 0.05) is 18.5 Å². The van der Waals surface area contributed by atoms with Gasteiger partial charge in [-0.25, -0.2) is 15.2 Å². The predicted molar refractivity (Wildman–Crippen MR) is 86.3 cm³/mol. The van der Waals surface area contributed by atoms with Crippen molar-refractivity contribution in [1.29, 1.82) is 0 Å². The summed E-state index contributed by atoms with van der Waals surface area (Å²) < 4.78 is 13.3. The molecule has 4 rings (SSSR count). The van der Waals surface area contributed by atoms with Crippen molar-refractivity contribution in [3.8, 4) is 5.75 Å². The Morgan fingerprint density at radius 2 is 1.71 bits per heavy atom. The molecule has 0 radical (unpaired) electrons. The van der Waals surface area contributed by atoms with Crippen LogP contribution in [0.3, 0.4) is 0 Å². The summed E-state index contributed by atoms with van der Waals surface area (Å²) >= 11 is 0. The summed E-state index contributed by atoms with van der Waals surface area (Å²) in [6, 6.07) is 12.6. The second-order valence-corrected chi connectivity index (χ2v) is 6.33. The van der Waals surface area contributed by atoms with Gasteiger partial charge in [-0.2, -0.15) is 0 Å². The Bertz CT molecular complexity index is 780. The number of fused-ring (bicyclic) bond motifs is 1. The van der Waals surface area contributed by atoms with Crippen LogP contribution in [0, 0.1) is 11.7 Å². The number of rotatable bonds is 2. The number of para-hydroxylation sites is 1. The van der Waals surface area contributed by atoms with Crippen molar-refractivity contribution in [3.63, 3.8) is 0 Å². The van der Waals surface area contributed by atoms with E-state index in [1.807, 2.05) is 12.1 Å². The average Bonchev–Trinajstić information content (AvgIpc) is 3.10. The lowest BCUT2D eigenvalue weighted by molar-refractivity contribution is -0.129. The SMILES string of the molecule is CN1C(=O)C2NNC(c3ccccc3O)C2C1c1ccc(F)cc1. The number of hydrogen-bond donors (Lipinski definition) is 3. The van der Waals surface area contributed by atoms with Gasteiger partial charge in [0.05, 0.1) is 12.1 Å². The van der Waals surface area contributed by atoms with Crippen molar-refractivity contribution in [2.24, 2.45) is 5.92 Å². The van der Waals surface area contributed by atoms with Gasteiger partial charge in [0.1, 0.15) is 17.6 Å². The molecular weight excluding hydrogens is 309 g/mol. The topological polar surface area (TPSA) is 64.6 Å². The summed E-state index contributed by atoms with van der Waals surface area (Å²) in [4.78, 5) is 14.3. The maximum absolute atomic E-state index is 13.3. The number of carbonyl (C=O) groups is 1. The quantitative estimate of drug-likeness (QED) is 0.788. The molecule has 3 N–H and O–H groups in total. The van der Waals surface area contributed by atoms with Crippen LogP contribution in [0.1, 0.15) is 23.2 Å². The largest absolute Gasteiger partial charge is 0.508 e. The minimum atomic E-state index is -0.380. The zero-order valence-electron chi connectivity index (χ0n) is 13.1. The van der Waals surface area contributed by atoms with Gasteiger partial charge in [0.15, 0.2) is 0 Å². The molecule has 2 aromatic rings. The molecule has 2 saturated heterocycles. The standard InChI is InChI=1S/C18H18FN3O2/c1-22-17(10-6-8-11(19)9-7-10)14-15(20-21-16(14)18(22)24)12-4-2-3-5-13(12)23/h2-9,14-17,20-21,23H,1H3.